The molecule has 0 aromatic heterocycles. The van der Waals surface area contributed by atoms with E-state index < -0.39 is 0 Å². The Morgan fingerprint density at radius 3 is 2.69 bits per heavy atom. The van der Waals surface area contributed by atoms with Gasteiger partial charge in [0.15, 0.2) is 0 Å². The summed E-state index contributed by atoms with van der Waals surface area (Å²) in [5.41, 5.74) is 1.38. The molecule has 4 heteroatoms. The van der Waals surface area contributed by atoms with Gasteiger partial charge in [0.05, 0.1) is 10.6 Å². The van der Waals surface area contributed by atoms with E-state index in [0.717, 1.165) is 10.0 Å². The number of hydrogen-bond donors (Lipinski definition) is 1. The van der Waals surface area contributed by atoms with Crippen LogP contribution in [0.25, 0.3) is 0 Å². The zero-order valence-corrected chi connectivity index (χ0v) is 9.66. The predicted octanol–water partition coefficient (Wildman–Crippen LogP) is 2.77. The summed E-state index contributed by atoms with van der Waals surface area (Å²) in [5.74, 6) is -0.163. The van der Waals surface area contributed by atoms with E-state index >= 15 is 0 Å². The second kappa shape index (κ2) is 4.11. The summed E-state index contributed by atoms with van der Waals surface area (Å²) in [4.78, 5) is 11.4. The van der Waals surface area contributed by atoms with Gasteiger partial charge in [0.2, 0.25) is 0 Å². The first kappa shape index (κ1) is 10.5. The largest absolute Gasteiger partial charge is 0.355 e. The molecule has 1 aromatic rings. The van der Waals surface area contributed by atoms with Crippen molar-refractivity contribution in [2.45, 2.75) is 6.92 Å². The van der Waals surface area contributed by atoms with Gasteiger partial charge in [0.1, 0.15) is 0 Å². The molecule has 0 fully saturated rings. The molecule has 1 rings (SSSR count). The molecular weight excluding hydrogens is 253 g/mol. The van der Waals surface area contributed by atoms with E-state index in [4.69, 9.17) is 11.6 Å². The van der Waals surface area contributed by atoms with E-state index in [1.165, 1.54) is 0 Å². The molecule has 2 nitrogen and oxygen atoms in total. The Balaban J connectivity index is 3.33. The third-order valence-corrected chi connectivity index (χ3v) is 2.98. The molecule has 70 valence electrons. The van der Waals surface area contributed by atoms with Crippen LogP contribution in [-0.4, -0.2) is 13.0 Å². The van der Waals surface area contributed by atoms with Gasteiger partial charge in [-0.1, -0.05) is 27.5 Å². The summed E-state index contributed by atoms with van der Waals surface area (Å²) in [5, 5.41) is 3.02. The van der Waals surface area contributed by atoms with Crippen LogP contribution in [0, 0.1) is 6.92 Å². The Morgan fingerprint density at radius 1 is 1.54 bits per heavy atom. The molecule has 13 heavy (non-hydrogen) atoms. The van der Waals surface area contributed by atoms with Crippen molar-refractivity contribution in [1.82, 2.24) is 5.32 Å². The number of rotatable bonds is 1. The minimum atomic E-state index is -0.163. The Kier molecular flexibility index (Phi) is 3.33. The number of amides is 1. The van der Waals surface area contributed by atoms with Crippen molar-refractivity contribution in [3.05, 3.63) is 32.8 Å². The summed E-state index contributed by atoms with van der Waals surface area (Å²) < 4.78 is 0.885. The first-order chi connectivity index (χ1) is 6.07. The second-order valence-electron chi connectivity index (χ2n) is 2.61. The van der Waals surface area contributed by atoms with Crippen LogP contribution in [0.15, 0.2) is 16.6 Å². The molecule has 0 aliphatic heterocycles. The van der Waals surface area contributed by atoms with Crippen LogP contribution in [-0.2, 0) is 0 Å². The van der Waals surface area contributed by atoms with Gasteiger partial charge in [-0.15, -0.1) is 0 Å². The van der Waals surface area contributed by atoms with Crippen molar-refractivity contribution in [1.29, 1.82) is 0 Å². The number of benzene rings is 1. The van der Waals surface area contributed by atoms with Crippen LogP contribution in [0.3, 0.4) is 0 Å². The Labute approximate surface area is 90.4 Å². The highest BCUT2D eigenvalue weighted by Crippen LogP contribution is 2.26. The molecule has 0 atom stereocenters. The standard InChI is InChI=1S/C9H9BrClNO/c1-5-6(10)3-4-7(11)8(5)9(13)12-2/h3-4H,1-2H3,(H,12,13). The molecule has 0 aliphatic carbocycles. The van der Waals surface area contributed by atoms with Crippen molar-refractivity contribution in [2.24, 2.45) is 0 Å². The molecular formula is C9H9BrClNO. The summed E-state index contributed by atoms with van der Waals surface area (Å²) >= 11 is 9.23. The van der Waals surface area contributed by atoms with Gasteiger partial charge in [0, 0.05) is 11.5 Å². The fourth-order valence-corrected chi connectivity index (χ4v) is 1.68. The van der Waals surface area contributed by atoms with Crippen LogP contribution in [0.4, 0.5) is 0 Å². The summed E-state index contributed by atoms with van der Waals surface area (Å²) in [6.07, 6.45) is 0. The SMILES string of the molecule is CNC(=O)c1c(Cl)ccc(Br)c1C. The quantitative estimate of drug-likeness (QED) is 0.828. The van der Waals surface area contributed by atoms with E-state index in [9.17, 15) is 4.79 Å². The Bertz CT molecular complexity index is 352. The molecule has 1 amide bonds. The second-order valence-corrected chi connectivity index (χ2v) is 3.87. The van der Waals surface area contributed by atoms with E-state index in [1.807, 2.05) is 13.0 Å². The van der Waals surface area contributed by atoms with E-state index in [2.05, 4.69) is 21.2 Å². The van der Waals surface area contributed by atoms with Gasteiger partial charge in [-0.05, 0) is 24.6 Å². The maximum absolute atomic E-state index is 11.4. The molecule has 0 unspecified atom stereocenters. The number of nitrogens with one attached hydrogen (secondary N) is 1. The van der Waals surface area contributed by atoms with Crippen LogP contribution in [0.2, 0.25) is 5.02 Å². The number of carbonyl (C=O) groups is 1. The molecule has 0 saturated heterocycles. The molecule has 0 saturated carbocycles. The van der Waals surface area contributed by atoms with Crippen molar-refractivity contribution < 1.29 is 4.79 Å². The van der Waals surface area contributed by atoms with Crippen molar-refractivity contribution in [3.63, 3.8) is 0 Å². The number of hydrogen-bond acceptors (Lipinski definition) is 1. The zero-order chi connectivity index (χ0) is 10.0. The molecule has 1 aromatic carbocycles. The molecule has 0 heterocycles. The lowest BCUT2D eigenvalue weighted by Crippen LogP contribution is -2.19. The average Bonchev–Trinajstić information content (AvgIpc) is 2.12. The number of carbonyl (C=O) groups excluding carboxylic acids is 1. The third-order valence-electron chi connectivity index (χ3n) is 1.80. The van der Waals surface area contributed by atoms with Crippen molar-refractivity contribution in [2.75, 3.05) is 7.05 Å². The summed E-state index contributed by atoms with van der Waals surface area (Å²) in [6.45, 7) is 1.85. The highest BCUT2D eigenvalue weighted by atomic mass is 79.9. The van der Waals surface area contributed by atoms with Crippen LogP contribution in [0.5, 0.6) is 0 Å². The van der Waals surface area contributed by atoms with E-state index in [0.29, 0.717) is 10.6 Å². The van der Waals surface area contributed by atoms with E-state index in [1.54, 1.807) is 13.1 Å². The molecule has 0 bridgehead atoms. The highest BCUT2D eigenvalue weighted by Gasteiger charge is 2.13. The lowest BCUT2D eigenvalue weighted by Gasteiger charge is -2.07. The van der Waals surface area contributed by atoms with Crippen LogP contribution in [0.1, 0.15) is 15.9 Å². The Morgan fingerprint density at radius 2 is 2.15 bits per heavy atom. The van der Waals surface area contributed by atoms with Gasteiger partial charge in [-0.3, -0.25) is 4.79 Å². The normalized spacial score (nSPS) is 9.85. The fourth-order valence-electron chi connectivity index (χ4n) is 1.06. The van der Waals surface area contributed by atoms with Gasteiger partial charge >= 0.3 is 0 Å². The van der Waals surface area contributed by atoms with Crippen LogP contribution < -0.4 is 5.32 Å². The van der Waals surface area contributed by atoms with E-state index in [-0.39, 0.29) is 5.91 Å². The topological polar surface area (TPSA) is 29.1 Å². The third kappa shape index (κ3) is 2.03. The van der Waals surface area contributed by atoms with Crippen molar-refractivity contribution in [3.8, 4) is 0 Å². The average molecular weight is 263 g/mol. The van der Waals surface area contributed by atoms with Gasteiger partial charge in [0.25, 0.3) is 5.91 Å². The van der Waals surface area contributed by atoms with Gasteiger partial charge in [-0.2, -0.15) is 0 Å². The van der Waals surface area contributed by atoms with Crippen LogP contribution >= 0.6 is 27.5 Å². The van der Waals surface area contributed by atoms with Crippen molar-refractivity contribution >= 4 is 33.4 Å². The lowest BCUT2D eigenvalue weighted by molar-refractivity contribution is 0.0962. The predicted molar refractivity (Wildman–Crippen MR) is 57.3 cm³/mol. The monoisotopic (exact) mass is 261 g/mol. The molecule has 1 N–H and O–H groups in total. The number of halogens is 2. The molecule has 0 aliphatic rings. The van der Waals surface area contributed by atoms with Gasteiger partial charge < -0.3 is 5.32 Å². The minimum Gasteiger partial charge on any atom is -0.355 e. The summed E-state index contributed by atoms with van der Waals surface area (Å²) in [7, 11) is 1.58. The molecule has 0 radical (unpaired) electrons. The minimum absolute atomic E-state index is 0.163. The fraction of sp³-hybridized carbons (Fsp3) is 0.222. The van der Waals surface area contributed by atoms with Gasteiger partial charge in [-0.25, -0.2) is 0 Å². The smallest absolute Gasteiger partial charge is 0.252 e. The zero-order valence-electron chi connectivity index (χ0n) is 7.32. The molecule has 0 spiro atoms. The maximum Gasteiger partial charge on any atom is 0.252 e. The first-order valence-corrected chi connectivity index (χ1v) is 4.91. The Hall–Kier alpha value is -0.540. The lowest BCUT2D eigenvalue weighted by atomic mass is 10.1. The maximum atomic E-state index is 11.4. The first-order valence-electron chi connectivity index (χ1n) is 3.74. The highest BCUT2D eigenvalue weighted by molar-refractivity contribution is 9.10. The summed E-state index contributed by atoms with van der Waals surface area (Å²) in [6, 6.07) is 3.52.